The molecule has 7 nitrogen and oxygen atoms in total. The van der Waals surface area contributed by atoms with Gasteiger partial charge in [-0.25, -0.2) is 0 Å². The molecule has 1 amide bonds. The number of piperidine rings is 1. The van der Waals surface area contributed by atoms with Crippen molar-refractivity contribution in [2.45, 2.75) is 31.9 Å². The van der Waals surface area contributed by atoms with Crippen molar-refractivity contribution in [2.75, 3.05) is 59.0 Å². The van der Waals surface area contributed by atoms with Crippen LogP contribution in [0.1, 0.15) is 24.8 Å². The summed E-state index contributed by atoms with van der Waals surface area (Å²) in [7, 11) is 0. The maximum absolute atomic E-state index is 12.6. The lowest BCUT2D eigenvalue weighted by Gasteiger charge is -2.26. The molecule has 0 saturated carbocycles. The fourth-order valence-corrected chi connectivity index (χ4v) is 3.30. The standard InChI is InChI=1S/C21H37N5O2/c22-9-10-23-11-12-24-20(18-28-17-19-7-3-1-4-8-19)21(27)25-13-16-26-14-5-2-6-15-26/h1,3-4,7-8,20,23-24H,2,5-6,9-18,22H2,(H,25,27). The molecule has 0 radical (unpaired) electrons. The van der Waals surface area contributed by atoms with Crippen LogP contribution in [0.4, 0.5) is 0 Å². The summed E-state index contributed by atoms with van der Waals surface area (Å²) in [5.74, 6) is 0.00361. The first-order valence-electron chi connectivity index (χ1n) is 10.6. The number of nitrogens with zero attached hydrogens (tertiary/aromatic N) is 1. The smallest absolute Gasteiger partial charge is 0.239 e. The van der Waals surface area contributed by atoms with Gasteiger partial charge in [-0.05, 0) is 31.5 Å². The van der Waals surface area contributed by atoms with Gasteiger partial charge in [0.25, 0.3) is 0 Å². The number of nitrogens with one attached hydrogen (secondary N) is 3. The third-order valence-corrected chi connectivity index (χ3v) is 4.90. The molecule has 1 aliphatic heterocycles. The summed E-state index contributed by atoms with van der Waals surface area (Å²) in [5, 5.41) is 9.60. The number of hydrogen-bond acceptors (Lipinski definition) is 6. The van der Waals surface area contributed by atoms with Gasteiger partial charge < -0.3 is 31.3 Å². The highest BCUT2D eigenvalue weighted by Gasteiger charge is 2.18. The first kappa shape index (κ1) is 22.8. The minimum atomic E-state index is -0.357. The Labute approximate surface area is 169 Å². The molecular formula is C21H37N5O2. The van der Waals surface area contributed by atoms with E-state index in [0.29, 0.717) is 32.8 Å². The Kier molecular flexibility index (Phi) is 11.8. The lowest BCUT2D eigenvalue weighted by Crippen LogP contribution is -2.50. The number of benzene rings is 1. The van der Waals surface area contributed by atoms with Crippen LogP contribution < -0.4 is 21.7 Å². The van der Waals surface area contributed by atoms with Gasteiger partial charge in [-0.3, -0.25) is 4.79 Å². The lowest BCUT2D eigenvalue weighted by atomic mass is 10.1. The van der Waals surface area contributed by atoms with Crippen molar-refractivity contribution in [3.8, 4) is 0 Å². The van der Waals surface area contributed by atoms with E-state index in [4.69, 9.17) is 10.5 Å². The molecule has 1 fully saturated rings. The maximum atomic E-state index is 12.6. The molecule has 7 heteroatoms. The van der Waals surface area contributed by atoms with Crippen LogP contribution in [0.5, 0.6) is 0 Å². The number of hydrogen-bond donors (Lipinski definition) is 4. The third kappa shape index (κ3) is 9.61. The Morgan fingerprint density at radius 1 is 1.07 bits per heavy atom. The van der Waals surface area contributed by atoms with Crippen LogP contribution >= 0.6 is 0 Å². The summed E-state index contributed by atoms with van der Waals surface area (Å²) < 4.78 is 5.80. The minimum absolute atomic E-state index is 0.00361. The van der Waals surface area contributed by atoms with Crippen molar-refractivity contribution in [1.29, 1.82) is 0 Å². The van der Waals surface area contributed by atoms with Crippen LogP contribution in [0.25, 0.3) is 0 Å². The van der Waals surface area contributed by atoms with Gasteiger partial charge in [0, 0.05) is 39.3 Å². The fourth-order valence-electron chi connectivity index (χ4n) is 3.30. The van der Waals surface area contributed by atoms with E-state index in [1.165, 1.54) is 19.3 Å². The Morgan fingerprint density at radius 2 is 1.86 bits per heavy atom. The van der Waals surface area contributed by atoms with E-state index in [0.717, 1.165) is 38.3 Å². The second kappa shape index (κ2) is 14.5. The molecule has 1 aromatic carbocycles. The molecule has 0 bridgehead atoms. The summed E-state index contributed by atoms with van der Waals surface area (Å²) in [6.07, 6.45) is 3.86. The maximum Gasteiger partial charge on any atom is 0.239 e. The van der Waals surface area contributed by atoms with Gasteiger partial charge in [0.15, 0.2) is 0 Å². The minimum Gasteiger partial charge on any atom is -0.375 e. The van der Waals surface area contributed by atoms with E-state index in [-0.39, 0.29) is 11.9 Å². The molecule has 5 N–H and O–H groups in total. The van der Waals surface area contributed by atoms with Crippen LogP contribution in [-0.4, -0.2) is 75.8 Å². The Hall–Kier alpha value is -1.51. The monoisotopic (exact) mass is 391 g/mol. The van der Waals surface area contributed by atoms with E-state index in [9.17, 15) is 4.79 Å². The molecule has 0 aromatic heterocycles. The summed E-state index contributed by atoms with van der Waals surface area (Å²) in [4.78, 5) is 15.1. The number of amides is 1. The van der Waals surface area contributed by atoms with Gasteiger partial charge in [-0.15, -0.1) is 0 Å². The number of ether oxygens (including phenoxy) is 1. The SMILES string of the molecule is NCCNCCNC(COCc1ccccc1)C(=O)NCCN1CCCCC1. The number of carbonyl (C=O) groups excluding carboxylic acids is 1. The summed E-state index contributed by atoms with van der Waals surface area (Å²) in [6, 6.07) is 9.66. The molecule has 158 valence electrons. The highest BCUT2D eigenvalue weighted by molar-refractivity contribution is 5.81. The molecule has 1 atom stereocenters. The van der Waals surface area contributed by atoms with Crippen LogP contribution in [0.2, 0.25) is 0 Å². The number of rotatable bonds is 14. The molecule has 1 unspecified atom stereocenters. The van der Waals surface area contributed by atoms with Crippen LogP contribution in [0, 0.1) is 0 Å². The molecule has 1 aliphatic rings. The fraction of sp³-hybridized carbons (Fsp3) is 0.667. The Morgan fingerprint density at radius 3 is 2.61 bits per heavy atom. The first-order valence-corrected chi connectivity index (χ1v) is 10.6. The number of nitrogens with two attached hydrogens (primary N) is 1. The van der Waals surface area contributed by atoms with Crippen LogP contribution in [-0.2, 0) is 16.1 Å². The van der Waals surface area contributed by atoms with E-state index >= 15 is 0 Å². The van der Waals surface area contributed by atoms with Crippen molar-refractivity contribution in [2.24, 2.45) is 5.73 Å². The second-order valence-electron chi connectivity index (χ2n) is 7.24. The average Bonchev–Trinajstić information content (AvgIpc) is 2.74. The predicted molar refractivity (Wildman–Crippen MR) is 113 cm³/mol. The quantitative estimate of drug-likeness (QED) is 0.341. The lowest BCUT2D eigenvalue weighted by molar-refractivity contribution is -0.124. The van der Waals surface area contributed by atoms with Crippen molar-refractivity contribution in [3.63, 3.8) is 0 Å². The zero-order valence-corrected chi connectivity index (χ0v) is 17.0. The highest BCUT2D eigenvalue weighted by Crippen LogP contribution is 2.07. The second-order valence-corrected chi connectivity index (χ2v) is 7.24. The van der Waals surface area contributed by atoms with Gasteiger partial charge in [-0.2, -0.15) is 0 Å². The highest BCUT2D eigenvalue weighted by atomic mass is 16.5. The first-order chi connectivity index (χ1) is 13.8. The van der Waals surface area contributed by atoms with Gasteiger partial charge in [0.05, 0.1) is 13.2 Å². The average molecular weight is 392 g/mol. The zero-order valence-electron chi connectivity index (χ0n) is 17.0. The van der Waals surface area contributed by atoms with Crippen molar-refractivity contribution in [3.05, 3.63) is 35.9 Å². The Balaban J connectivity index is 1.71. The van der Waals surface area contributed by atoms with Crippen molar-refractivity contribution < 1.29 is 9.53 Å². The molecule has 2 rings (SSSR count). The number of carbonyl (C=O) groups is 1. The molecular weight excluding hydrogens is 354 g/mol. The molecule has 1 heterocycles. The summed E-state index contributed by atoms with van der Waals surface area (Å²) in [5.41, 5.74) is 6.59. The zero-order chi connectivity index (χ0) is 19.9. The third-order valence-electron chi connectivity index (χ3n) is 4.90. The van der Waals surface area contributed by atoms with Gasteiger partial charge >= 0.3 is 0 Å². The molecule has 1 saturated heterocycles. The topological polar surface area (TPSA) is 91.6 Å². The van der Waals surface area contributed by atoms with Gasteiger partial charge in [0.2, 0.25) is 5.91 Å². The van der Waals surface area contributed by atoms with E-state index < -0.39 is 0 Å². The summed E-state index contributed by atoms with van der Waals surface area (Å²) in [6.45, 7) is 7.59. The normalized spacial score (nSPS) is 16.0. The van der Waals surface area contributed by atoms with E-state index in [1.54, 1.807) is 0 Å². The largest absolute Gasteiger partial charge is 0.375 e. The molecule has 28 heavy (non-hydrogen) atoms. The molecule has 0 spiro atoms. The van der Waals surface area contributed by atoms with Crippen LogP contribution in [0.15, 0.2) is 30.3 Å². The predicted octanol–water partition coefficient (Wildman–Crippen LogP) is 0.312. The summed E-state index contributed by atoms with van der Waals surface area (Å²) >= 11 is 0. The van der Waals surface area contributed by atoms with Crippen molar-refractivity contribution in [1.82, 2.24) is 20.9 Å². The van der Waals surface area contributed by atoms with E-state index in [1.807, 2.05) is 30.3 Å². The molecule has 1 aromatic rings. The molecule has 0 aliphatic carbocycles. The van der Waals surface area contributed by atoms with Gasteiger partial charge in [0.1, 0.15) is 6.04 Å². The number of likely N-dealkylation sites (tertiary alicyclic amines) is 1. The van der Waals surface area contributed by atoms with E-state index in [2.05, 4.69) is 20.9 Å². The van der Waals surface area contributed by atoms with Gasteiger partial charge in [-0.1, -0.05) is 36.8 Å². The van der Waals surface area contributed by atoms with Crippen molar-refractivity contribution >= 4 is 5.91 Å². The Bertz CT molecular complexity index is 523. The van der Waals surface area contributed by atoms with Crippen LogP contribution in [0.3, 0.4) is 0 Å².